The fraction of sp³-hybridized carbons (Fsp3) is 0.579. The summed E-state index contributed by atoms with van der Waals surface area (Å²) < 4.78 is 14.9. The first-order valence-electron chi connectivity index (χ1n) is 9.24. The van der Waals surface area contributed by atoms with Crippen LogP contribution in [0.1, 0.15) is 5.56 Å². The summed E-state index contributed by atoms with van der Waals surface area (Å²) in [5.41, 5.74) is 2.72. The quantitative estimate of drug-likeness (QED) is 0.544. The molecular weight excluding hydrogens is 358 g/mol. The molecular formula is C19H35NO2Si3. The van der Waals surface area contributed by atoms with Gasteiger partial charge in [0.2, 0.25) is 8.32 Å². The molecule has 1 aromatic carbocycles. The molecule has 2 aromatic rings. The van der Waals surface area contributed by atoms with E-state index >= 15 is 0 Å². The molecule has 3 nitrogen and oxygen atoms in total. The van der Waals surface area contributed by atoms with Crippen LogP contribution in [0.2, 0.25) is 58.9 Å². The average molecular weight is 394 g/mol. The van der Waals surface area contributed by atoms with Crippen molar-refractivity contribution in [3.05, 3.63) is 30.0 Å². The van der Waals surface area contributed by atoms with E-state index in [1.54, 1.807) is 0 Å². The third-order valence-electron chi connectivity index (χ3n) is 3.91. The highest BCUT2D eigenvalue weighted by atomic mass is 28.4. The fourth-order valence-corrected chi connectivity index (χ4v) is 5.93. The molecule has 0 aliphatic heterocycles. The molecule has 0 fully saturated rings. The molecule has 0 unspecified atom stereocenters. The number of rotatable bonds is 7. The van der Waals surface area contributed by atoms with Crippen molar-refractivity contribution in [3.8, 4) is 5.75 Å². The lowest BCUT2D eigenvalue weighted by molar-refractivity contribution is 0.316. The predicted octanol–water partition coefficient (Wildman–Crippen LogP) is 5.93. The van der Waals surface area contributed by atoms with Crippen LogP contribution in [0.15, 0.2) is 24.4 Å². The number of hydrogen-bond donors (Lipinski definition) is 0. The molecule has 0 aliphatic carbocycles. The molecule has 0 radical (unpaired) electrons. The monoisotopic (exact) mass is 393 g/mol. The van der Waals surface area contributed by atoms with Gasteiger partial charge in [-0.25, -0.2) is 0 Å². The second-order valence-electron chi connectivity index (χ2n) is 9.80. The van der Waals surface area contributed by atoms with Gasteiger partial charge in [0.1, 0.15) is 5.75 Å². The Morgan fingerprint density at radius 2 is 1.52 bits per heavy atom. The van der Waals surface area contributed by atoms with Gasteiger partial charge in [0.15, 0.2) is 16.6 Å². The standard InChI is InChI=1S/C19H35NO2Si3/c1-23(2,3)20-15-16(12-13-21-24(4,5)6)18-14-17(10-11-19(18)20)22-25(7,8)9/h10-11,14-15H,12-13H2,1-9H3. The van der Waals surface area contributed by atoms with Gasteiger partial charge >= 0.3 is 0 Å². The zero-order valence-corrected chi connectivity index (χ0v) is 20.5. The van der Waals surface area contributed by atoms with E-state index in [1.165, 1.54) is 16.5 Å². The Kier molecular flexibility index (Phi) is 5.78. The van der Waals surface area contributed by atoms with Crippen LogP contribution in [0.25, 0.3) is 10.9 Å². The van der Waals surface area contributed by atoms with Crippen LogP contribution in [0.4, 0.5) is 0 Å². The van der Waals surface area contributed by atoms with Gasteiger partial charge < -0.3 is 13.1 Å². The minimum absolute atomic E-state index is 0.805. The van der Waals surface area contributed by atoms with Crippen LogP contribution in [-0.4, -0.2) is 35.7 Å². The van der Waals surface area contributed by atoms with Crippen LogP contribution in [-0.2, 0) is 10.8 Å². The molecule has 1 heterocycles. The molecule has 0 N–H and O–H groups in total. The first-order valence-corrected chi connectivity index (χ1v) is 19.5. The molecule has 6 heteroatoms. The number of hydrogen-bond acceptors (Lipinski definition) is 2. The zero-order valence-electron chi connectivity index (χ0n) is 17.5. The van der Waals surface area contributed by atoms with Crippen molar-refractivity contribution in [2.75, 3.05) is 6.61 Å². The summed E-state index contributed by atoms with van der Waals surface area (Å²) in [7, 11) is -4.53. The Morgan fingerprint density at radius 3 is 2.04 bits per heavy atom. The summed E-state index contributed by atoms with van der Waals surface area (Å²) in [5, 5.41) is 1.33. The normalized spacial score (nSPS) is 13.5. The minimum atomic E-state index is -1.60. The molecule has 25 heavy (non-hydrogen) atoms. The summed E-state index contributed by atoms with van der Waals surface area (Å²) in [6, 6.07) is 6.62. The van der Waals surface area contributed by atoms with Crippen molar-refractivity contribution in [1.82, 2.24) is 4.23 Å². The molecule has 0 aliphatic rings. The van der Waals surface area contributed by atoms with Gasteiger partial charge in [-0.15, -0.1) is 0 Å². The van der Waals surface area contributed by atoms with Gasteiger partial charge in [-0.05, 0) is 75.7 Å². The van der Waals surface area contributed by atoms with Crippen LogP contribution in [0.5, 0.6) is 5.75 Å². The highest BCUT2D eigenvalue weighted by Crippen LogP contribution is 2.30. The van der Waals surface area contributed by atoms with Gasteiger partial charge in [0.25, 0.3) is 0 Å². The smallest absolute Gasteiger partial charge is 0.242 e. The summed E-state index contributed by atoms with van der Waals surface area (Å²) in [4.78, 5) is 0. The van der Waals surface area contributed by atoms with E-state index in [1.807, 2.05) is 0 Å². The lowest BCUT2D eigenvalue weighted by atomic mass is 10.1. The number of aromatic nitrogens is 1. The maximum absolute atomic E-state index is 6.23. The first-order chi connectivity index (χ1) is 11.3. The van der Waals surface area contributed by atoms with Crippen molar-refractivity contribution in [2.24, 2.45) is 0 Å². The maximum atomic E-state index is 6.23. The third kappa shape index (κ3) is 5.84. The minimum Gasteiger partial charge on any atom is -0.544 e. The molecule has 2 rings (SSSR count). The van der Waals surface area contributed by atoms with Crippen molar-refractivity contribution in [3.63, 3.8) is 0 Å². The van der Waals surface area contributed by atoms with Gasteiger partial charge in [-0.3, -0.25) is 0 Å². The highest BCUT2D eigenvalue weighted by Gasteiger charge is 2.22. The zero-order chi connectivity index (χ0) is 19.0. The van der Waals surface area contributed by atoms with E-state index in [4.69, 9.17) is 8.85 Å². The molecule has 0 saturated heterocycles. The average Bonchev–Trinajstić information content (AvgIpc) is 2.74. The Labute approximate surface area is 156 Å². The van der Waals surface area contributed by atoms with Gasteiger partial charge in [-0.1, -0.05) is 19.6 Å². The van der Waals surface area contributed by atoms with Crippen LogP contribution >= 0.6 is 0 Å². The van der Waals surface area contributed by atoms with Gasteiger partial charge in [0.05, 0.1) is 0 Å². The lowest BCUT2D eigenvalue weighted by Crippen LogP contribution is -2.31. The van der Waals surface area contributed by atoms with E-state index in [0.717, 1.165) is 18.8 Å². The summed E-state index contributed by atoms with van der Waals surface area (Å²) >= 11 is 0. The predicted molar refractivity (Wildman–Crippen MR) is 118 cm³/mol. The van der Waals surface area contributed by atoms with Gasteiger partial charge in [-0.2, -0.15) is 0 Å². The Bertz CT molecular complexity index is 734. The highest BCUT2D eigenvalue weighted by molar-refractivity contribution is 6.75. The molecule has 140 valence electrons. The molecule has 0 amide bonds. The second-order valence-corrected chi connectivity index (χ2v) is 23.6. The Hall–Kier alpha value is -0.829. The second kappa shape index (κ2) is 7.06. The maximum Gasteiger partial charge on any atom is 0.242 e. The molecule has 1 aromatic heterocycles. The van der Waals surface area contributed by atoms with E-state index in [9.17, 15) is 0 Å². The van der Waals surface area contributed by atoms with E-state index in [0.29, 0.717) is 0 Å². The Morgan fingerprint density at radius 1 is 0.880 bits per heavy atom. The first kappa shape index (κ1) is 20.5. The number of fused-ring (bicyclic) bond motifs is 1. The number of nitrogens with zero attached hydrogens (tertiary/aromatic N) is 1. The van der Waals surface area contributed by atoms with Crippen LogP contribution < -0.4 is 4.43 Å². The largest absolute Gasteiger partial charge is 0.544 e. The molecule has 0 spiro atoms. The summed E-state index contributed by atoms with van der Waals surface area (Å²) in [5.74, 6) is 1.01. The summed E-state index contributed by atoms with van der Waals surface area (Å²) in [6.45, 7) is 21.4. The fourth-order valence-electron chi connectivity index (χ4n) is 2.92. The topological polar surface area (TPSA) is 23.4 Å². The third-order valence-corrected chi connectivity index (χ3v) is 7.65. The van der Waals surface area contributed by atoms with Crippen molar-refractivity contribution < 1.29 is 8.85 Å². The SMILES string of the molecule is C[Si](C)(C)OCCc1cn([Si](C)(C)C)c2ccc(O[Si](C)(C)C)cc12. The van der Waals surface area contributed by atoms with Crippen molar-refractivity contribution >= 4 is 35.8 Å². The molecule has 0 bridgehead atoms. The number of benzene rings is 1. The van der Waals surface area contributed by atoms with Crippen LogP contribution in [0, 0.1) is 0 Å². The van der Waals surface area contributed by atoms with Crippen molar-refractivity contribution in [2.45, 2.75) is 65.3 Å². The molecule has 0 saturated carbocycles. The van der Waals surface area contributed by atoms with Crippen molar-refractivity contribution in [1.29, 1.82) is 0 Å². The molecule has 0 atom stereocenters. The summed E-state index contributed by atoms with van der Waals surface area (Å²) in [6.07, 6.45) is 3.33. The van der Waals surface area contributed by atoms with E-state index in [-0.39, 0.29) is 0 Å². The van der Waals surface area contributed by atoms with E-state index < -0.39 is 24.9 Å². The lowest BCUT2D eigenvalue weighted by Gasteiger charge is -2.21. The van der Waals surface area contributed by atoms with Crippen LogP contribution in [0.3, 0.4) is 0 Å². The van der Waals surface area contributed by atoms with E-state index in [2.05, 4.69) is 87.6 Å². The Balaban J connectivity index is 2.41. The van der Waals surface area contributed by atoms with Gasteiger partial charge in [0, 0.05) is 17.5 Å².